The molecular weight excluding hydrogens is 283 g/mol. The molecule has 4 nitrogen and oxygen atoms in total. The van der Waals surface area contributed by atoms with Crippen molar-refractivity contribution >= 4 is 18.4 Å². The van der Waals surface area contributed by atoms with Gasteiger partial charge in [0.25, 0.3) is 0 Å². The summed E-state index contributed by atoms with van der Waals surface area (Å²) in [6.07, 6.45) is 3.04. The highest BCUT2D eigenvalue weighted by Gasteiger charge is 2.17. The molecule has 0 saturated carbocycles. The monoisotopic (exact) mass is 298 g/mol. The zero-order valence-electron chi connectivity index (χ0n) is 11.2. The Morgan fingerprint density at radius 3 is 2.65 bits per heavy atom. The van der Waals surface area contributed by atoms with Crippen molar-refractivity contribution in [1.29, 1.82) is 0 Å². The van der Waals surface area contributed by atoms with E-state index in [1.54, 1.807) is 30.0 Å². The maximum absolute atomic E-state index is 12.9. The van der Waals surface area contributed by atoms with Crippen molar-refractivity contribution in [3.05, 3.63) is 53.9 Å². The van der Waals surface area contributed by atoms with Gasteiger partial charge < -0.3 is 9.30 Å². The Morgan fingerprint density at radius 2 is 2.05 bits per heavy atom. The first-order chi connectivity index (χ1) is 9.13. The van der Waals surface area contributed by atoms with E-state index in [9.17, 15) is 9.18 Å². The van der Waals surface area contributed by atoms with Crippen LogP contribution in [0.15, 0.2) is 36.8 Å². The van der Waals surface area contributed by atoms with Crippen molar-refractivity contribution in [2.75, 3.05) is 6.61 Å². The molecule has 2 rings (SSSR count). The molecule has 6 heteroatoms. The van der Waals surface area contributed by atoms with E-state index in [4.69, 9.17) is 4.74 Å². The molecule has 0 saturated heterocycles. The number of carbonyl (C=O) groups excluding carboxylic acids is 1. The van der Waals surface area contributed by atoms with Gasteiger partial charge in [-0.1, -0.05) is 12.1 Å². The van der Waals surface area contributed by atoms with Gasteiger partial charge in [-0.05, 0) is 31.5 Å². The summed E-state index contributed by atoms with van der Waals surface area (Å²) in [7, 11) is 0. The topological polar surface area (TPSA) is 44.1 Å². The molecule has 0 radical (unpaired) electrons. The molecule has 1 aromatic heterocycles. The SMILES string of the molecule is CCOC(=O)c1cncn1C(C)c1ccc(F)cc1.Cl. The molecule has 1 aromatic carbocycles. The largest absolute Gasteiger partial charge is 0.461 e. The maximum atomic E-state index is 12.9. The number of hydrogen-bond donors (Lipinski definition) is 0. The number of carbonyl (C=O) groups is 1. The summed E-state index contributed by atoms with van der Waals surface area (Å²) in [5.41, 5.74) is 1.28. The van der Waals surface area contributed by atoms with E-state index in [0.29, 0.717) is 12.3 Å². The molecule has 1 unspecified atom stereocenters. The van der Waals surface area contributed by atoms with Crippen molar-refractivity contribution < 1.29 is 13.9 Å². The van der Waals surface area contributed by atoms with Gasteiger partial charge in [-0.15, -0.1) is 12.4 Å². The Morgan fingerprint density at radius 1 is 1.40 bits per heavy atom. The number of benzene rings is 1. The first kappa shape index (κ1) is 16.2. The first-order valence-corrected chi connectivity index (χ1v) is 6.08. The highest BCUT2D eigenvalue weighted by atomic mass is 35.5. The van der Waals surface area contributed by atoms with E-state index in [0.717, 1.165) is 5.56 Å². The maximum Gasteiger partial charge on any atom is 0.356 e. The third kappa shape index (κ3) is 3.36. The highest BCUT2D eigenvalue weighted by Crippen LogP contribution is 2.20. The third-order valence-electron chi connectivity index (χ3n) is 2.92. The van der Waals surface area contributed by atoms with Gasteiger partial charge in [-0.3, -0.25) is 0 Å². The van der Waals surface area contributed by atoms with Crippen LogP contribution >= 0.6 is 12.4 Å². The number of aromatic nitrogens is 2. The van der Waals surface area contributed by atoms with Crippen molar-refractivity contribution in [3.63, 3.8) is 0 Å². The Kier molecular flexibility index (Phi) is 5.70. The number of rotatable bonds is 4. The second kappa shape index (κ2) is 7.05. The molecule has 0 aliphatic carbocycles. The van der Waals surface area contributed by atoms with Crippen LogP contribution in [0.3, 0.4) is 0 Å². The van der Waals surface area contributed by atoms with E-state index in [-0.39, 0.29) is 24.3 Å². The molecule has 0 aliphatic heterocycles. The molecule has 0 aliphatic rings. The molecule has 0 bridgehead atoms. The Hall–Kier alpha value is -1.88. The minimum absolute atomic E-state index is 0. The molecule has 20 heavy (non-hydrogen) atoms. The van der Waals surface area contributed by atoms with Crippen LogP contribution in [0.5, 0.6) is 0 Å². The Balaban J connectivity index is 0.00000200. The van der Waals surface area contributed by atoms with Crippen molar-refractivity contribution in [1.82, 2.24) is 9.55 Å². The van der Waals surface area contributed by atoms with Crippen LogP contribution in [-0.2, 0) is 4.74 Å². The second-order valence-electron chi connectivity index (χ2n) is 4.13. The quantitative estimate of drug-likeness (QED) is 0.814. The molecule has 0 amide bonds. The first-order valence-electron chi connectivity index (χ1n) is 6.08. The number of imidazole rings is 1. The lowest BCUT2D eigenvalue weighted by atomic mass is 10.1. The van der Waals surface area contributed by atoms with Crippen LogP contribution < -0.4 is 0 Å². The number of nitrogens with zero attached hydrogens (tertiary/aromatic N) is 2. The van der Waals surface area contributed by atoms with Crippen LogP contribution in [0.4, 0.5) is 4.39 Å². The van der Waals surface area contributed by atoms with Gasteiger partial charge >= 0.3 is 5.97 Å². The van der Waals surface area contributed by atoms with Crippen LogP contribution in [0, 0.1) is 5.82 Å². The average molecular weight is 299 g/mol. The van der Waals surface area contributed by atoms with Gasteiger partial charge in [0, 0.05) is 0 Å². The highest BCUT2D eigenvalue weighted by molar-refractivity contribution is 5.87. The predicted molar refractivity (Wildman–Crippen MR) is 75.6 cm³/mol. The van der Waals surface area contributed by atoms with Gasteiger partial charge in [0.15, 0.2) is 0 Å². The van der Waals surface area contributed by atoms with Crippen LogP contribution in [0.2, 0.25) is 0 Å². The van der Waals surface area contributed by atoms with E-state index in [1.807, 2.05) is 6.92 Å². The lowest BCUT2D eigenvalue weighted by Gasteiger charge is -2.16. The second-order valence-corrected chi connectivity index (χ2v) is 4.13. The van der Waals surface area contributed by atoms with Crippen LogP contribution in [0.1, 0.15) is 35.9 Å². The van der Waals surface area contributed by atoms with E-state index < -0.39 is 5.97 Å². The van der Waals surface area contributed by atoms with Gasteiger partial charge in [-0.2, -0.15) is 0 Å². The molecule has 0 spiro atoms. The van der Waals surface area contributed by atoms with Crippen molar-refractivity contribution in [2.45, 2.75) is 19.9 Å². The molecule has 108 valence electrons. The molecule has 2 aromatic rings. The summed E-state index contributed by atoms with van der Waals surface area (Å²) < 4.78 is 19.6. The number of esters is 1. The van der Waals surface area contributed by atoms with Crippen molar-refractivity contribution in [3.8, 4) is 0 Å². The lowest BCUT2D eigenvalue weighted by molar-refractivity contribution is 0.0512. The van der Waals surface area contributed by atoms with Gasteiger partial charge in [0.2, 0.25) is 0 Å². The number of ether oxygens (including phenoxy) is 1. The lowest BCUT2D eigenvalue weighted by Crippen LogP contribution is -2.15. The summed E-state index contributed by atoms with van der Waals surface area (Å²) >= 11 is 0. The average Bonchev–Trinajstić information content (AvgIpc) is 2.88. The molecule has 0 fully saturated rings. The fourth-order valence-electron chi connectivity index (χ4n) is 1.88. The Labute approximate surface area is 123 Å². The smallest absolute Gasteiger partial charge is 0.356 e. The van der Waals surface area contributed by atoms with E-state index in [2.05, 4.69) is 4.98 Å². The molecule has 1 heterocycles. The molecule has 0 N–H and O–H groups in total. The minimum atomic E-state index is -0.408. The van der Waals surface area contributed by atoms with Crippen LogP contribution in [0.25, 0.3) is 0 Å². The summed E-state index contributed by atoms with van der Waals surface area (Å²) in [6.45, 7) is 3.98. The predicted octanol–water partition coefficient (Wildman–Crippen LogP) is 3.23. The van der Waals surface area contributed by atoms with Gasteiger partial charge in [0.1, 0.15) is 11.5 Å². The Bertz CT molecular complexity index is 569. The van der Waals surface area contributed by atoms with Gasteiger partial charge in [0.05, 0.1) is 25.2 Å². The molecular formula is C14H16ClFN2O2. The van der Waals surface area contributed by atoms with Crippen LogP contribution in [-0.4, -0.2) is 22.1 Å². The molecule has 1 atom stereocenters. The summed E-state index contributed by atoms with van der Waals surface area (Å²) in [4.78, 5) is 15.8. The summed E-state index contributed by atoms with van der Waals surface area (Å²) in [5.74, 6) is -0.693. The van der Waals surface area contributed by atoms with E-state index in [1.165, 1.54) is 18.3 Å². The standard InChI is InChI=1S/C14H15FN2O2.ClH/c1-3-19-14(18)13-8-16-9-17(13)10(2)11-4-6-12(15)7-5-11;/h4-10H,3H2,1-2H3;1H. The van der Waals surface area contributed by atoms with E-state index >= 15 is 0 Å². The zero-order valence-corrected chi connectivity index (χ0v) is 12.1. The third-order valence-corrected chi connectivity index (χ3v) is 2.92. The number of halogens is 2. The zero-order chi connectivity index (χ0) is 13.8. The fourth-order valence-corrected chi connectivity index (χ4v) is 1.88. The van der Waals surface area contributed by atoms with Gasteiger partial charge in [-0.25, -0.2) is 14.2 Å². The van der Waals surface area contributed by atoms with Crippen molar-refractivity contribution in [2.24, 2.45) is 0 Å². The fraction of sp³-hybridized carbons (Fsp3) is 0.286. The summed E-state index contributed by atoms with van der Waals surface area (Å²) in [6, 6.07) is 6.05. The summed E-state index contributed by atoms with van der Waals surface area (Å²) in [5, 5.41) is 0. The minimum Gasteiger partial charge on any atom is -0.461 e. The number of hydrogen-bond acceptors (Lipinski definition) is 3. The normalized spacial score (nSPS) is 11.6.